The lowest BCUT2D eigenvalue weighted by Crippen LogP contribution is -2.37. The van der Waals surface area contributed by atoms with Crippen LogP contribution < -0.4 is 24.3 Å². The standard InChI is InChI=1S/C28H38N2O4/c1-31-25-10-8-20(15-26(25)32-2)11-13-30-12-5-6-22(19-30)14-21-7-9-23-16-27(33-3)28(34-4)17-24(23)29-18-21/h7-10,15-17,21-22,29H,5-6,11-14,18-19H2,1-4H3. The van der Waals surface area contributed by atoms with E-state index in [-0.39, 0.29) is 0 Å². The first-order valence-electron chi connectivity index (χ1n) is 12.2. The fourth-order valence-electron chi connectivity index (χ4n) is 5.19. The summed E-state index contributed by atoms with van der Waals surface area (Å²) in [6, 6.07) is 10.3. The molecule has 1 fully saturated rings. The molecule has 2 heterocycles. The Labute approximate surface area is 203 Å². The molecule has 4 rings (SSSR count). The number of piperidine rings is 1. The van der Waals surface area contributed by atoms with Gasteiger partial charge in [-0.2, -0.15) is 0 Å². The zero-order valence-corrected chi connectivity index (χ0v) is 20.9. The minimum absolute atomic E-state index is 0.514. The first-order valence-corrected chi connectivity index (χ1v) is 12.2. The predicted octanol–water partition coefficient (Wildman–Crippen LogP) is 5.12. The largest absolute Gasteiger partial charge is 0.493 e. The number of ether oxygens (including phenoxy) is 4. The second-order valence-electron chi connectivity index (χ2n) is 9.28. The topological polar surface area (TPSA) is 52.2 Å². The third-order valence-electron chi connectivity index (χ3n) is 7.06. The molecule has 184 valence electrons. The summed E-state index contributed by atoms with van der Waals surface area (Å²) < 4.78 is 21.8. The molecule has 0 bridgehead atoms. The lowest BCUT2D eigenvalue weighted by molar-refractivity contribution is 0.163. The third kappa shape index (κ3) is 5.79. The van der Waals surface area contributed by atoms with Crippen molar-refractivity contribution in [2.75, 3.05) is 59.9 Å². The van der Waals surface area contributed by atoms with E-state index in [2.05, 4.69) is 40.6 Å². The van der Waals surface area contributed by atoms with Crippen LogP contribution in [0.2, 0.25) is 0 Å². The number of anilines is 1. The second-order valence-corrected chi connectivity index (χ2v) is 9.28. The first-order chi connectivity index (χ1) is 16.6. The molecule has 1 N–H and O–H groups in total. The number of benzene rings is 2. The number of nitrogens with zero attached hydrogens (tertiary/aromatic N) is 1. The van der Waals surface area contributed by atoms with E-state index in [1.54, 1.807) is 28.4 Å². The molecular weight excluding hydrogens is 428 g/mol. The fraction of sp³-hybridized carbons (Fsp3) is 0.500. The van der Waals surface area contributed by atoms with Crippen LogP contribution in [-0.2, 0) is 6.42 Å². The van der Waals surface area contributed by atoms with Crippen LogP contribution in [0.1, 0.15) is 30.4 Å². The van der Waals surface area contributed by atoms with E-state index >= 15 is 0 Å². The fourth-order valence-corrected chi connectivity index (χ4v) is 5.19. The number of nitrogens with one attached hydrogen (secondary N) is 1. The molecule has 0 saturated carbocycles. The molecule has 0 aromatic heterocycles. The summed E-state index contributed by atoms with van der Waals surface area (Å²) in [5, 5.41) is 3.64. The summed E-state index contributed by atoms with van der Waals surface area (Å²) in [7, 11) is 6.73. The third-order valence-corrected chi connectivity index (χ3v) is 7.06. The summed E-state index contributed by atoms with van der Waals surface area (Å²) in [5.74, 6) is 4.36. The average molecular weight is 467 g/mol. The highest BCUT2D eigenvalue weighted by molar-refractivity contribution is 5.72. The van der Waals surface area contributed by atoms with E-state index in [4.69, 9.17) is 18.9 Å². The van der Waals surface area contributed by atoms with E-state index in [1.807, 2.05) is 12.1 Å². The van der Waals surface area contributed by atoms with E-state index in [0.29, 0.717) is 5.92 Å². The van der Waals surface area contributed by atoms with Crippen LogP contribution >= 0.6 is 0 Å². The van der Waals surface area contributed by atoms with Gasteiger partial charge in [0.25, 0.3) is 0 Å². The molecule has 0 amide bonds. The van der Waals surface area contributed by atoms with Crippen LogP contribution in [-0.4, -0.2) is 59.5 Å². The maximum Gasteiger partial charge on any atom is 0.162 e. The maximum absolute atomic E-state index is 5.48. The van der Waals surface area contributed by atoms with Crippen molar-refractivity contribution in [2.45, 2.75) is 25.7 Å². The number of rotatable bonds is 9. The van der Waals surface area contributed by atoms with Gasteiger partial charge in [0, 0.05) is 37.0 Å². The molecule has 2 aliphatic rings. The van der Waals surface area contributed by atoms with Gasteiger partial charge in [0.05, 0.1) is 28.4 Å². The highest BCUT2D eigenvalue weighted by atomic mass is 16.5. The molecular formula is C28H38N2O4. The predicted molar refractivity (Wildman–Crippen MR) is 138 cm³/mol. The summed E-state index contributed by atoms with van der Waals surface area (Å²) >= 11 is 0. The molecule has 6 heteroatoms. The van der Waals surface area contributed by atoms with Crippen molar-refractivity contribution in [1.29, 1.82) is 0 Å². The average Bonchev–Trinajstić information content (AvgIpc) is 3.08. The smallest absolute Gasteiger partial charge is 0.162 e. The Bertz CT molecular complexity index is 991. The van der Waals surface area contributed by atoms with Gasteiger partial charge < -0.3 is 29.2 Å². The van der Waals surface area contributed by atoms with Crippen LogP contribution in [0, 0.1) is 11.8 Å². The summed E-state index contributed by atoms with van der Waals surface area (Å²) in [5.41, 5.74) is 3.55. The Kier molecular flexibility index (Phi) is 8.22. The molecule has 0 spiro atoms. The van der Waals surface area contributed by atoms with Crippen LogP contribution in [0.4, 0.5) is 5.69 Å². The highest BCUT2D eigenvalue weighted by Gasteiger charge is 2.23. The highest BCUT2D eigenvalue weighted by Crippen LogP contribution is 2.36. The van der Waals surface area contributed by atoms with Gasteiger partial charge in [-0.25, -0.2) is 0 Å². The van der Waals surface area contributed by atoms with Crippen molar-refractivity contribution in [2.24, 2.45) is 11.8 Å². The lowest BCUT2D eigenvalue weighted by atomic mass is 9.87. The van der Waals surface area contributed by atoms with Crippen molar-refractivity contribution in [3.63, 3.8) is 0 Å². The SMILES string of the molecule is COc1ccc(CCN2CCCC(CC3C=Cc4cc(OC)c(OC)cc4NC3)C2)cc1OC. The Morgan fingerprint density at radius 2 is 1.65 bits per heavy atom. The maximum atomic E-state index is 5.48. The number of methoxy groups -OCH3 is 4. The minimum atomic E-state index is 0.514. The number of hydrogen-bond donors (Lipinski definition) is 1. The summed E-state index contributed by atoms with van der Waals surface area (Å²) in [6.07, 6.45) is 9.42. The Morgan fingerprint density at radius 3 is 2.41 bits per heavy atom. The van der Waals surface area contributed by atoms with E-state index < -0.39 is 0 Å². The second kappa shape index (κ2) is 11.5. The van der Waals surface area contributed by atoms with Gasteiger partial charge in [0.2, 0.25) is 0 Å². The van der Waals surface area contributed by atoms with E-state index in [9.17, 15) is 0 Å². The zero-order valence-electron chi connectivity index (χ0n) is 20.9. The van der Waals surface area contributed by atoms with Crippen LogP contribution in [0.15, 0.2) is 36.4 Å². The van der Waals surface area contributed by atoms with Crippen LogP contribution in [0.5, 0.6) is 23.0 Å². The monoisotopic (exact) mass is 466 g/mol. The Hall–Kier alpha value is -2.86. The van der Waals surface area contributed by atoms with Gasteiger partial charge in [-0.05, 0) is 67.8 Å². The quantitative estimate of drug-likeness (QED) is 0.554. The first kappa shape index (κ1) is 24.3. The molecule has 0 radical (unpaired) electrons. The van der Waals surface area contributed by atoms with Gasteiger partial charge >= 0.3 is 0 Å². The molecule has 6 nitrogen and oxygen atoms in total. The number of fused-ring (bicyclic) bond motifs is 1. The van der Waals surface area contributed by atoms with Gasteiger partial charge in [0.15, 0.2) is 23.0 Å². The van der Waals surface area contributed by atoms with Crippen molar-refractivity contribution in [3.05, 3.63) is 47.5 Å². The van der Waals surface area contributed by atoms with Crippen molar-refractivity contribution in [1.82, 2.24) is 4.90 Å². The van der Waals surface area contributed by atoms with Gasteiger partial charge in [-0.1, -0.05) is 18.2 Å². The minimum Gasteiger partial charge on any atom is -0.493 e. The van der Waals surface area contributed by atoms with E-state index in [1.165, 1.54) is 37.9 Å². The molecule has 2 aromatic rings. The Morgan fingerprint density at radius 1 is 0.912 bits per heavy atom. The molecule has 34 heavy (non-hydrogen) atoms. The molecule has 2 aliphatic heterocycles. The summed E-state index contributed by atoms with van der Waals surface area (Å²) in [4.78, 5) is 2.63. The van der Waals surface area contributed by atoms with Crippen LogP contribution in [0.25, 0.3) is 6.08 Å². The molecule has 2 unspecified atom stereocenters. The molecule has 0 aliphatic carbocycles. The van der Waals surface area contributed by atoms with E-state index in [0.717, 1.165) is 59.7 Å². The van der Waals surface area contributed by atoms with Gasteiger partial charge in [-0.15, -0.1) is 0 Å². The van der Waals surface area contributed by atoms with Crippen molar-refractivity contribution >= 4 is 11.8 Å². The normalized spacial score (nSPS) is 20.1. The van der Waals surface area contributed by atoms with Crippen LogP contribution in [0.3, 0.4) is 0 Å². The molecule has 1 saturated heterocycles. The molecule has 2 atom stereocenters. The van der Waals surface area contributed by atoms with Crippen molar-refractivity contribution < 1.29 is 18.9 Å². The van der Waals surface area contributed by atoms with Gasteiger partial charge in [0.1, 0.15) is 0 Å². The Balaban J connectivity index is 1.31. The van der Waals surface area contributed by atoms with Gasteiger partial charge in [-0.3, -0.25) is 0 Å². The lowest BCUT2D eigenvalue weighted by Gasteiger charge is -2.34. The summed E-state index contributed by atoms with van der Waals surface area (Å²) in [6.45, 7) is 4.39. The zero-order chi connectivity index (χ0) is 23.9. The number of hydrogen-bond acceptors (Lipinski definition) is 6. The number of likely N-dealkylation sites (tertiary alicyclic amines) is 1. The molecule has 2 aromatic carbocycles. The van der Waals surface area contributed by atoms with Crippen molar-refractivity contribution in [3.8, 4) is 23.0 Å².